The number of amides is 1. The van der Waals surface area contributed by atoms with Crippen LogP contribution >= 0.6 is 0 Å². The molecule has 2 aliphatic heterocycles. The van der Waals surface area contributed by atoms with Gasteiger partial charge in [0.1, 0.15) is 0 Å². The van der Waals surface area contributed by atoms with Crippen molar-refractivity contribution in [3.05, 3.63) is 0 Å². The molecular formula is C15H30N4O2. The normalized spacial score (nSPS) is 21.7. The lowest BCUT2D eigenvalue weighted by atomic mass is 10.2. The van der Waals surface area contributed by atoms with Crippen LogP contribution in [0.15, 0.2) is 0 Å². The number of ether oxygens (including phenoxy) is 1. The molecule has 0 unspecified atom stereocenters. The molecule has 0 saturated carbocycles. The number of hydrogen-bond donors (Lipinski definition) is 1. The number of morpholine rings is 1. The highest BCUT2D eigenvalue weighted by Gasteiger charge is 2.19. The van der Waals surface area contributed by atoms with Gasteiger partial charge in [-0.2, -0.15) is 0 Å². The smallest absolute Gasteiger partial charge is 0.223 e. The summed E-state index contributed by atoms with van der Waals surface area (Å²) in [7, 11) is 0. The fourth-order valence-corrected chi connectivity index (χ4v) is 2.85. The van der Waals surface area contributed by atoms with E-state index < -0.39 is 0 Å². The fourth-order valence-electron chi connectivity index (χ4n) is 2.85. The lowest BCUT2D eigenvalue weighted by Gasteiger charge is -2.34. The van der Waals surface area contributed by atoms with Crippen LogP contribution in [0, 0.1) is 0 Å². The molecule has 2 rings (SSSR count). The van der Waals surface area contributed by atoms with E-state index in [9.17, 15) is 4.79 Å². The molecule has 0 aromatic heterocycles. The molecule has 0 aliphatic carbocycles. The summed E-state index contributed by atoms with van der Waals surface area (Å²) in [5, 5.41) is 3.38. The number of carbonyl (C=O) groups is 1. The van der Waals surface area contributed by atoms with E-state index in [2.05, 4.69) is 22.0 Å². The number of piperazine rings is 1. The molecule has 122 valence electrons. The first kappa shape index (κ1) is 16.7. The van der Waals surface area contributed by atoms with Gasteiger partial charge in [0.05, 0.1) is 13.2 Å². The molecule has 0 spiro atoms. The maximum atomic E-state index is 12.1. The standard InChI is InChI=1S/C15H30N4O2/c1-2-17-7-9-19(10-8-17)15(20)3-4-16-5-6-18-11-13-21-14-12-18/h16H,2-14H2,1H3. The summed E-state index contributed by atoms with van der Waals surface area (Å²) in [6.45, 7) is 13.6. The summed E-state index contributed by atoms with van der Waals surface area (Å²) in [6.07, 6.45) is 0.620. The van der Waals surface area contributed by atoms with Crippen LogP contribution < -0.4 is 5.32 Å². The second kappa shape index (κ2) is 9.35. The maximum absolute atomic E-state index is 12.1. The quantitative estimate of drug-likeness (QED) is 0.640. The van der Waals surface area contributed by atoms with E-state index in [0.29, 0.717) is 12.3 Å². The predicted octanol–water partition coefficient (Wildman–Crippen LogP) is -0.538. The van der Waals surface area contributed by atoms with Crippen molar-refractivity contribution in [2.45, 2.75) is 13.3 Å². The van der Waals surface area contributed by atoms with Crippen molar-refractivity contribution < 1.29 is 9.53 Å². The second-order valence-corrected chi connectivity index (χ2v) is 5.77. The number of likely N-dealkylation sites (N-methyl/N-ethyl adjacent to an activating group) is 1. The zero-order valence-electron chi connectivity index (χ0n) is 13.4. The molecule has 0 radical (unpaired) electrons. The minimum Gasteiger partial charge on any atom is -0.379 e. The van der Waals surface area contributed by atoms with Crippen molar-refractivity contribution in [2.75, 3.05) is 78.7 Å². The fraction of sp³-hybridized carbons (Fsp3) is 0.933. The van der Waals surface area contributed by atoms with E-state index in [4.69, 9.17) is 4.74 Å². The molecule has 0 aromatic carbocycles. The van der Waals surface area contributed by atoms with Crippen molar-refractivity contribution in [1.29, 1.82) is 0 Å². The summed E-state index contributed by atoms with van der Waals surface area (Å²) in [4.78, 5) is 18.9. The molecule has 0 aromatic rings. The molecule has 1 N–H and O–H groups in total. The molecule has 1 amide bonds. The summed E-state index contributed by atoms with van der Waals surface area (Å²) in [6, 6.07) is 0. The lowest BCUT2D eigenvalue weighted by molar-refractivity contribution is -0.132. The molecule has 6 heteroatoms. The second-order valence-electron chi connectivity index (χ2n) is 5.77. The van der Waals surface area contributed by atoms with Crippen LogP contribution in [-0.4, -0.2) is 99.3 Å². The minimum atomic E-state index is 0.296. The first-order valence-corrected chi connectivity index (χ1v) is 8.30. The largest absolute Gasteiger partial charge is 0.379 e. The van der Waals surface area contributed by atoms with Gasteiger partial charge in [-0.05, 0) is 6.54 Å². The number of nitrogens with zero attached hydrogens (tertiary/aromatic N) is 3. The van der Waals surface area contributed by atoms with E-state index in [1.54, 1.807) is 0 Å². The van der Waals surface area contributed by atoms with Gasteiger partial charge in [0.25, 0.3) is 0 Å². The van der Waals surface area contributed by atoms with E-state index in [0.717, 1.165) is 78.7 Å². The Kier molecular flexibility index (Phi) is 7.43. The molecule has 0 bridgehead atoms. The average Bonchev–Trinajstić information content (AvgIpc) is 2.55. The molecule has 0 atom stereocenters. The minimum absolute atomic E-state index is 0.296. The molecule has 2 aliphatic rings. The van der Waals surface area contributed by atoms with Crippen LogP contribution in [-0.2, 0) is 9.53 Å². The van der Waals surface area contributed by atoms with Crippen LogP contribution in [0.25, 0.3) is 0 Å². The number of carbonyl (C=O) groups excluding carboxylic acids is 1. The van der Waals surface area contributed by atoms with Crippen molar-refractivity contribution in [1.82, 2.24) is 20.0 Å². The van der Waals surface area contributed by atoms with Crippen LogP contribution in [0.2, 0.25) is 0 Å². The third-order valence-corrected chi connectivity index (χ3v) is 4.40. The Morgan fingerprint density at radius 1 is 1.00 bits per heavy atom. The SMILES string of the molecule is CCN1CCN(C(=O)CCNCCN2CCOCC2)CC1. The average molecular weight is 298 g/mol. The van der Waals surface area contributed by atoms with E-state index in [1.807, 2.05) is 4.90 Å². The van der Waals surface area contributed by atoms with Crippen LogP contribution in [0.5, 0.6) is 0 Å². The van der Waals surface area contributed by atoms with Crippen molar-refractivity contribution >= 4 is 5.91 Å². The van der Waals surface area contributed by atoms with Gasteiger partial charge in [0, 0.05) is 65.3 Å². The zero-order valence-corrected chi connectivity index (χ0v) is 13.4. The molecule has 6 nitrogen and oxygen atoms in total. The maximum Gasteiger partial charge on any atom is 0.223 e. The van der Waals surface area contributed by atoms with Gasteiger partial charge in [0.2, 0.25) is 5.91 Å². The zero-order chi connectivity index (χ0) is 14.9. The first-order valence-electron chi connectivity index (χ1n) is 8.30. The highest BCUT2D eigenvalue weighted by atomic mass is 16.5. The molecule has 2 fully saturated rings. The molecular weight excluding hydrogens is 268 g/mol. The summed E-state index contributed by atoms with van der Waals surface area (Å²) in [5.41, 5.74) is 0. The summed E-state index contributed by atoms with van der Waals surface area (Å²) in [5.74, 6) is 0.296. The van der Waals surface area contributed by atoms with Crippen LogP contribution in [0.3, 0.4) is 0 Å². The topological polar surface area (TPSA) is 48.0 Å². The van der Waals surface area contributed by atoms with Gasteiger partial charge in [-0.3, -0.25) is 9.69 Å². The first-order chi connectivity index (χ1) is 10.3. The van der Waals surface area contributed by atoms with Crippen molar-refractivity contribution in [3.63, 3.8) is 0 Å². The Bertz CT molecular complexity index is 300. The highest BCUT2D eigenvalue weighted by molar-refractivity contribution is 5.76. The van der Waals surface area contributed by atoms with E-state index in [-0.39, 0.29) is 0 Å². The van der Waals surface area contributed by atoms with Gasteiger partial charge < -0.3 is 19.9 Å². The Hall–Kier alpha value is -0.690. The molecule has 21 heavy (non-hydrogen) atoms. The van der Waals surface area contributed by atoms with Crippen molar-refractivity contribution in [3.8, 4) is 0 Å². The number of rotatable bonds is 7. The molecule has 2 saturated heterocycles. The van der Waals surface area contributed by atoms with E-state index in [1.165, 1.54) is 0 Å². The number of nitrogens with one attached hydrogen (secondary N) is 1. The Labute approximate surface area is 128 Å². The predicted molar refractivity (Wildman–Crippen MR) is 83.4 cm³/mol. The Morgan fingerprint density at radius 2 is 1.71 bits per heavy atom. The van der Waals surface area contributed by atoms with Crippen molar-refractivity contribution in [2.24, 2.45) is 0 Å². The van der Waals surface area contributed by atoms with Gasteiger partial charge in [-0.1, -0.05) is 6.92 Å². The third kappa shape index (κ3) is 5.90. The highest BCUT2D eigenvalue weighted by Crippen LogP contribution is 2.03. The van der Waals surface area contributed by atoms with Crippen LogP contribution in [0.1, 0.15) is 13.3 Å². The third-order valence-electron chi connectivity index (χ3n) is 4.40. The Morgan fingerprint density at radius 3 is 2.38 bits per heavy atom. The number of hydrogen-bond acceptors (Lipinski definition) is 5. The van der Waals surface area contributed by atoms with Gasteiger partial charge in [-0.25, -0.2) is 0 Å². The monoisotopic (exact) mass is 298 g/mol. The van der Waals surface area contributed by atoms with Gasteiger partial charge in [-0.15, -0.1) is 0 Å². The lowest BCUT2D eigenvalue weighted by Crippen LogP contribution is -2.49. The summed E-state index contributed by atoms with van der Waals surface area (Å²) < 4.78 is 5.33. The molecule has 2 heterocycles. The Balaban J connectivity index is 1.49. The van der Waals surface area contributed by atoms with Gasteiger partial charge in [0.15, 0.2) is 0 Å². The summed E-state index contributed by atoms with van der Waals surface area (Å²) >= 11 is 0. The van der Waals surface area contributed by atoms with Gasteiger partial charge >= 0.3 is 0 Å². The van der Waals surface area contributed by atoms with Crippen LogP contribution in [0.4, 0.5) is 0 Å². The van der Waals surface area contributed by atoms with E-state index >= 15 is 0 Å².